The van der Waals surface area contributed by atoms with Gasteiger partial charge in [-0.3, -0.25) is 9.59 Å². The van der Waals surface area contributed by atoms with Gasteiger partial charge in [0.1, 0.15) is 0 Å². The predicted molar refractivity (Wildman–Crippen MR) is 68.5 cm³/mol. The zero-order valence-electron chi connectivity index (χ0n) is 10.6. The van der Waals surface area contributed by atoms with Crippen LogP contribution >= 0.6 is 0 Å². The van der Waals surface area contributed by atoms with Gasteiger partial charge in [-0.15, -0.1) is 0 Å². The fourth-order valence-electron chi connectivity index (χ4n) is 1.16. The maximum absolute atomic E-state index is 10.6. The Hall–Kier alpha value is -2.39. The molecule has 0 aliphatic heterocycles. The van der Waals surface area contributed by atoms with Crippen molar-refractivity contribution in [1.82, 2.24) is 9.97 Å². The third-order valence-corrected chi connectivity index (χ3v) is 2.08. The zero-order chi connectivity index (χ0) is 15.1. The van der Waals surface area contributed by atoms with E-state index in [1.165, 1.54) is 36.7 Å². The number of carboxylic acid groups (broad SMARTS) is 2. The quantitative estimate of drug-likeness (QED) is 0.569. The molecule has 2 aromatic rings. The van der Waals surface area contributed by atoms with Gasteiger partial charge in [-0.05, 0) is 24.3 Å². The van der Waals surface area contributed by atoms with Gasteiger partial charge in [0.05, 0.1) is 23.1 Å². The molecule has 0 amide bonds. The van der Waals surface area contributed by atoms with Crippen molar-refractivity contribution >= 4 is 35.0 Å². The van der Waals surface area contributed by atoms with Crippen LogP contribution in [-0.4, -0.2) is 45.0 Å². The van der Waals surface area contributed by atoms with E-state index in [9.17, 15) is 29.4 Å². The van der Waals surface area contributed by atoms with E-state index in [0.29, 0.717) is 0 Å². The smallest absolute Gasteiger partial charge is 0.545 e. The van der Waals surface area contributed by atoms with Gasteiger partial charge in [0.2, 0.25) is 0 Å². The van der Waals surface area contributed by atoms with Crippen LogP contribution in [0, 0.1) is 0 Å². The first kappa shape index (κ1) is 18.6. The summed E-state index contributed by atoms with van der Waals surface area (Å²) >= 11 is 0. The zero-order valence-corrected chi connectivity index (χ0v) is 12.0. The number of rotatable bonds is 2. The van der Waals surface area contributed by atoms with Crippen molar-refractivity contribution in [1.29, 1.82) is 0 Å². The molecule has 0 fully saturated rings. The third kappa shape index (κ3) is 5.63. The van der Waals surface area contributed by atoms with Gasteiger partial charge in [0.15, 0.2) is 0 Å². The molecule has 2 rings (SSSR count). The van der Waals surface area contributed by atoms with Gasteiger partial charge in [0.25, 0.3) is 11.1 Å². The molecule has 2 N–H and O–H groups in total. The molecule has 0 saturated carbocycles. The number of H-pyrrole nitrogens is 2. The Morgan fingerprint density at radius 3 is 1.33 bits per heavy atom. The van der Waals surface area contributed by atoms with Gasteiger partial charge in [-0.25, -0.2) is 0 Å². The molecule has 0 aromatic carbocycles. The molecule has 0 spiro atoms. The maximum atomic E-state index is 10.6. The Bertz CT molecular complexity index is 673. The van der Waals surface area contributed by atoms with Crippen molar-refractivity contribution in [2.45, 2.75) is 0 Å². The molecular weight excluding hydrogens is 292 g/mol. The number of carboxylic acids is 2. The average molecular weight is 301 g/mol. The van der Waals surface area contributed by atoms with E-state index < -0.39 is 23.1 Å². The second-order valence-corrected chi connectivity index (χ2v) is 3.40. The van der Waals surface area contributed by atoms with Crippen molar-refractivity contribution in [3.05, 3.63) is 68.5 Å². The predicted octanol–water partition coefficient (Wildman–Crippen LogP) is -2.90. The number of pyridine rings is 2. The second kappa shape index (κ2) is 8.71. The number of carbonyl (C=O) groups is 2. The molecule has 0 aliphatic carbocycles. The summed E-state index contributed by atoms with van der Waals surface area (Å²) in [6, 6.07) is 5.22. The topological polar surface area (TPSA) is 146 Å². The van der Waals surface area contributed by atoms with Crippen LogP contribution in [0.5, 0.6) is 0 Å². The normalized spacial score (nSPS) is 8.76. The number of aromatic carboxylic acids is 2. The van der Waals surface area contributed by atoms with Crippen LogP contribution in [0.15, 0.2) is 46.2 Å². The van der Waals surface area contributed by atoms with Gasteiger partial charge in [-0.2, -0.15) is 0 Å². The van der Waals surface area contributed by atoms with Gasteiger partial charge in [-0.1, -0.05) is 0 Å². The summed E-state index contributed by atoms with van der Waals surface area (Å²) in [6.07, 6.45) is 2.71. The van der Waals surface area contributed by atoms with Gasteiger partial charge < -0.3 is 29.8 Å². The summed E-state index contributed by atoms with van der Waals surface area (Å²) in [7, 11) is 0. The summed E-state index contributed by atoms with van der Waals surface area (Å²) in [4.78, 5) is 45.8. The monoisotopic (exact) mass is 300 g/mol. The Kier molecular flexibility index (Phi) is 7.72. The first-order valence-electron chi connectivity index (χ1n) is 5.21. The molecule has 21 heavy (non-hydrogen) atoms. The standard InChI is InChI=1S/2C6H5NO3.Mg/c2*8-5-4(6(9)10)2-1-3-7-5;/h2*1-3H,(H,7,8)(H,9,10);/q;;+2/p-2. The second-order valence-electron chi connectivity index (χ2n) is 3.40. The third-order valence-electron chi connectivity index (χ3n) is 2.08. The van der Waals surface area contributed by atoms with E-state index in [1.807, 2.05) is 0 Å². The minimum atomic E-state index is -1.46. The van der Waals surface area contributed by atoms with E-state index in [-0.39, 0.29) is 34.2 Å². The molecule has 8 nitrogen and oxygen atoms in total. The molecule has 104 valence electrons. The van der Waals surface area contributed by atoms with Crippen molar-refractivity contribution in [2.75, 3.05) is 0 Å². The van der Waals surface area contributed by atoms with Crippen molar-refractivity contribution < 1.29 is 19.8 Å². The van der Waals surface area contributed by atoms with Gasteiger partial charge in [0, 0.05) is 12.4 Å². The van der Waals surface area contributed by atoms with E-state index in [0.717, 1.165) is 0 Å². The van der Waals surface area contributed by atoms with Crippen LogP contribution in [0.3, 0.4) is 0 Å². The van der Waals surface area contributed by atoms with Crippen LogP contribution in [0.4, 0.5) is 0 Å². The molecule has 9 heteroatoms. The number of hydrogen-bond donors (Lipinski definition) is 2. The first-order chi connectivity index (χ1) is 9.43. The summed E-state index contributed by atoms with van der Waals surface area (Å²) in [5, 5.41) is 20.2. The van der Waals surface area contributed by atoms with Crippen LogP contribution in [0.1, 0.15) is 20.7 Å². The molecule has 0 saturated heterocycles. The van der Waals surface area contributed by atoms with E-state index in [4.69, 9.17) is 0 Å². The number of aromatic nitrogens is 2. The number of carbonyl (C=O) groups excluding carboxylic acids is 2. The first-order valence-corrected chi connectivity index (χ1v) is 5.21. The van der Waals surface area contributed by atoms with Crippen LogP contribution in [0.25, 0.3) is 0 Å². The summed E-state index contributed by atoms with van der Waals surface area (Å²) in [6.45, 7) is 0. The van der Waals surface area contributed by atoms with Crippen molar-refractivity contribution in [3.8, 4) is 0 Å². The fraction of sp³-hybridized carbons (Fsp3) is 0. The molecule has 0 atom stereocenters. The van der Waals surface area contributed by atoms with Crippen LogP contribution in [-0.2, 0) is 0 Å². The van der Waals surface area contributed by atoms with Gasteiger partial charge >= 0.3 is 23.1 Å². The fourth-order valence-corrected chi connectivity index (χ4v) is 1.16. The molecule has 2 aromatic heterocycles. The molecule has 2 heterocycles. The van der Waals surface area contributed by atoms with Crippen LogP contribution in [0.2, 0.25) is 0 Å². The SMILES string of the molecule is O=C([O-])c1ccc[nH]c1=O.O=C([O-])c1ccc[nH]c1=O.[Mg+2]. The maximum Gasteiger partial charge on any atom is 2.00 e. The molecular formula is C12H8MgN2O6. The number of nitrogens with one attached hydrogen (secondary N) is 2. The molecule has 0 bridgehead atoms. The molecule has 0 aliphatic rings. The molecule has 0 unspecified atom stereocenters. The summed E-state index contributed by atoms with van der Waals surface area (Å²) in [5.74, 6) is -2.91. The van der Waals surface area contributed by atoms with Crippen molar-refractivity contribution in [3.63, 3.8) is 0 Å². The number of aromatic amines is 2. The summed E-state index contributed by atoms with van der Waals surface area (Å²) < 4.78 is 0. The number of hydrogen-bond acceptors (Lipinski definition) is 6. The Morgan fingerprint density at radius 2 is 1.14 bits per heavy atom. The van der Waals surface area contributed by atoms with Crippen LogP contribution < -0.4 is 21.3 Å². The van der Waals surface area contributed by atoms with E-state index in [2.05, 4.69) is 9.97 Å². The Balaban J connectivity index is 0.000000364. The minimum Gasteiger partial charge on any atom is -0.545 e. The Morgan fingerprint density at radius 1 is 0.810 bits per heavy atom. The molecule has 0 radical (unpaired) electrons. The Labute approximate surface area is 133 Å². The van der Waals surface area contributed by atoms with Crippen molar-refractivity contribution in [2.24, 2.45) is 0 Å². The minimum absolute atomic E-state index is 0. The van der Waals surface area contributed by atoms with E-state index >= 15 is 0 Å². The largest absolute Gasteiger partial charge is 2.00 e. The average Bonchev–Trinajstić information content (AvgIpc) is 2.40. The summed E-state index contributed by atoms with van der Waals surface area (Å²) in [5.41, 5.74) is -1.96. The van der Waals surface area contributed by atoms with E-state index in [1.54, 1.807) is 0 Å².